The van der Waals surface area contributed by atoms with Crippen LogP contribution in [0.2, 0.25) is 0 Å². The summed E-state index contributed by atoms with van der Waals surface area (Å²) >= 11 is 0. The van der Waals surface area contributed by atoms with Gasteiger partial charge >= 0.3 is 0 Å². The van der Waals surface area contributed by atoms with Gasteiger partial charge in [0.05, 0.1) is 0 Å². The molecule has 7 heteroatoms. The second-order valence-corrected chi connectivity index (χ2v) is 11.9. The zero-order valence-electron chi connectivity index (χ0n) is 25.7. The van der Waals surface area contributed by atoms with Crippen molar-refractivity contribution in [2.24, 2.45) is 0 Å². The van der Waals surface area contributed by atoms with Crippen molar-refractivity contribution >= 4 is 16.8 Å². The Bertz CT molecular complexity index is 1770. The minimum atomic E-state index is -0.106. The van der Waals surface area contributed by atoms with E-state index in [4.69, 9.17) is 14.2 Å². The topological polar surface area (TPSA) is 67.0 Å². The summed E-state index contributed by atoms with van der Waals surface area (Å²) in [6, 6.07) is 31.0. The number of nitrogens with zero attached hydrogens (tertiary/aromatic N) is 2. The number of carbonyl (C=O) groups excluding carboxylic acids is 1. The van der Waals surface area contributed by atoms with E-state index in [2.05, 4.69) is 77.6 Å². The Morgan fingerprint density at radius 3 is 2.53 bits per heavy atom. The highest BCUT2D eigenvalue weighted by Gasteiger charge is 2.27. The molecule has 1 atom stereocenters. The van der Waals surface area contributed by atoms with E-state index >= 15 is 0 Å². The van der Waals surface area contributed by atoms with Gasteiger partial charge in [-0.25, -0.2) is 0 Å². The van der Waals surface area contributed by atoms with Crippen LogP contribution in [0.25, 0.3) is 10.9 Å². The van der Waals surface area contributed by atoms with E-state index in [-0.39, 0.29) is 18.6 Å². The van der Waals surface area contributed by atoms with E-state index in [1.165, 1.54) is 16.5 Å². The average Bonchev–Trinajstić information content (AvgIpc) is 3.74. The van der Waals surface area contributed by atoms with Gasteiger partial charge in [0.1, 0.15) is 12.4 Å². The van der Waals surface area contributed by atoms with Crippen LogP contribution in [0.1, 0.15) is 47.1 Å². The first-order chi connectivity index (χ1) is 22.1. The van der Waals surface area contributed by atoms with Crippen molar-refractivity contribution in [1.29, 1.82) is 0 Å². The average molecular weight is 602 g/mol. The number of hydrogen-bond acceptors (Lipinski definition) is 5. The van der Waals surface area contributed by atoms with Gasteiger partial charge in [0.2, 0.25) is 12.7 Å². The van der Waals surface area contributed by atoms with Crippen molar-refractivity contribution in [3.63, 3.8) is 0 Å². The lowest BCUT2D eigenvalue weighted by Crippen LogP contribution is -2.48. The fourth-order valence-electron chi connectivity index (χ4n) is 6.55. The van der Waals surface area contributed by atoms with Crippen LogP contribution in [-0.2, 0) is 24.4 Å². The number of piperazine rings is 1. The molecule has 3 heterocycles. The van der Waals surface area contributed by atoms with Crippen LogP contribution in [0, 0.1) is 0 Å². The fraction of sp³-hybridized carbons (Fsp3) is 0.289. The molecule has 45 heavy (non-hydrogen) atoms. The Labute approximate surface area is 264 Å². The summed E-state index contributed by atoms with van der Waals surface area (Å²) in [5, 5.41) is 1.18. The number of aromatic amines is 1. The molecule has 1 unspecified atom stereocenters. The molecule has 1 aromatic heterocycles. The van der Waals surface area contributed by atoms with Gasteiger partial charge in [-0.2, -0.15) is 0 Å². The fourth-order valence-corrected chi connectivity index (χ4v) is 6.55. The molecule has 1 N–H and O–H groups in total. The molecule has 0 spiro atoms. The quantitative estimate of drug-likeness (QED) is 0.189. The van der Waals surface area contributed by atoms with Gasteiger partial charge in [0.15, 0.2) is 11.5 Å². The number of rotatable bonds is 10. The second kappa shape index (κ2) is 13.1. The minimum absolute atomic E-state index is 0.106. The summed E-state index contributed by atoms with van der Waals surface area (Å²) in [4.78, 5) is 21.9. The molecule has 0 saturated carbocycles. The Balaban J connectivity index is 1.08. The highest BCUT2D eigenvalue weighted by Crippen LogP contribution is 2.37. The number of ether oxygens (including phenoxy) is 3. The van der Waals surface area contributed by atoms with Gasteiger partial charge in [-0.15, -0.1) is 0 Å². The van der Waals surface area contributed by atoms with Gasteiger partial charge in [0, 0.05) is 62.2 Å². The molecular weight excluding hydrogens is 562 g/mol. The number of fused-ring (bicyclic) bond motifs is 2. The number of nitrogens with one attached hydrogen (secondary N) is 1. The normalized spacial score (nSPS) is 15.4. The number of aryl methyl sites for hydroxylation is 1. The van der Waals surface area contributed by atoms with E-state index in [1.807, 2.05) is 41.3 Å². The summed E-state index contributed by atoms with van der Waals surface area (Å²) in [7, 11) is 0. The summed E-state index contributed by atoms with van der Waals surface area (Å²) < 4.78 is 17.2. The molecule has 1 fully saturated rings. The van der Waals surface area contributed by atoms with Crippen LogP contribution in [0.5, 0.6) is 17.2 Å². The number of carbonyl (C=O) groups is 1. The predicted octanol–water partition coefficient (Wildman–Crippen LogP) is 6.90. The lowest BCUT2D eigenvalue weighted by Gasteiger charge is -2.35. The third kappa shape index (κ3) is 6.40. The van der Waals surface area contributed by atoms with Crippen molar-refractivity contribution in [1.82, 2.24) is 14.8 Å². The summed E-state index contributed by atoms with van der Waals surface area (Å²) in [6.45, 7) is 6.87. The molecule has 2 aliphatic rings. The third-order valence-corrected chi connectivity index (χ3v) is 9.05. The maximum atomic E-state index is 14.0. The second-order valence-electron chi connectivity index (χ2n) is 11.9. The SMILES string of the molecule is CCc1cccc2c(C(CC(=O)N3CCN(Cc4ccc5c(c4)OCO5)CC3)c3cccc(OCc4ccccc4)c3)c[nH]c12. The lowest BCUT2D eigenvalue weighted by atomic mass is 9.87. The molecule has 7 rings (SSSR count). The molecule has 1 saturated heterocycles. The largest absolute Gasteiger partial charge is 0.489 e. The molecule has 4 aromatic carbocycles. The van der Waals surface area contributed by atoms with Crippen molar-refractivity contribution < 1.29 is 19.0 Å². The molecular formula is C38H39N3O4. The molecule has 0 radical (unpaired) electrons. The monoisotopic (exact) mass is 601 g/mol. The van der Waals surface area contributed by atoms with Gasteiger partial charge < -0.3 is 24.1 Å². The number of para-hydroxylation sites is 1. The van der Waals surface area contributed by atoms with Gasteiger partial charge in [-0.1, -0.05) is 73.7 Å². The van der Waals surface area contributed by atoms with E-state index in [1.54, 1.807) is 0 Å². The summed E-state index contributed by atoms with van der Waals surface area (Å²) in [5.74, 6) is 2.49. The van der Waals surface area contributed by atoms with Gasteiger partial charge in [0.25, 0.3) is 0 Å². The standard InChI is InChI=1S/C38H39N3O4/c1-2-29-10-7-13-32-34(23-39-38(29)32)33(30-11-6-12-31(21-30)43-25-27-8-4-3-5-9-27)22-37(42)41-18-16-40(17-19-41)24-28-14-15-35-36(20-28)45-26-44-35/h3-15,20-21,23,33,39H,2,16-19,22,24-26H2,1H3. The minimum Gasteiger partial charge on any atom is -0.489 e. The number of benzene rings is 4. The Hall–Kier alpha value is -4.75. The Kier molecular flexibility index (Phi) is 8.43. The molecule has 1 amide bonds. The number of aromatic nitrogens is 1. The zero-order chi connectivity index (χ0) is 30.6. The maximum Gasteiger partial charge on any atom is 0.231 e. The smallest absolute Gasteiger partial charge is 0.231 e. The molecule has 0 bridgehead atoms. The van der Waals surface area contributed by atoms with Gasteiger partial charge in [-0.3, -0.25) is 9.69 Å². The molecule has 7 nitrogen and oxygen atoms in total. The van der Waals surface area contributed by atoms with Crippen molar-refractivity contribution in [3.8, 4) is 17.2 Å². The predicted molar refractivity (Wildman–Crippen MR) is 176 cm³/mol. The van der Waals surface area contributed by atoms with E-state index < -0.39 is 0 Å². The number of H-pyrrole nitrogens is 1. The Morgan fingerprint density at radius 2 is 1.69 bits per heavy atom. The van der Waals surface area contributed by atoms with E-state index in [9.17, 15) is 4.79 Å². The van der Waals surface area contributed by atoms with Crippen molar-refractivity contribution in [2.45, 2.75) is 38.8 Å². The highest BCUT2D eigenvalue weighted by molar-refractivity contribution is 5.88. The Morgan fingerprint density at radius 1 is 0.867 bits per heavy atom. The molecule has 2 aliphatic heterocycles. The van der Waals surface area contributed by atoms with Crippen LogP contribution < -0.4 is 14.2 Å². The van der Waals surface area contributed by atoms with E-state index in [0.29, 0.717) is 26.1 Å². The highest BCUT2D eigenvalue weighted by atomic mass is 16.7. The first-order valence-electron chi connectivity index (χ1n) is 15.9. The van der Waals surface area contributed by atoms with Crippen LogP contribution in [0.15, 0.2) is 97.2 Å². The van der Waals surface area contributed by atoms with Crippen LogP contribution >= 0.6 is 0 Å². The van der Waals surface area contributed by atoms with Crippen LogP contribution in [-0.4, -0.2) is 53.7 Å². The first-order valence-corrected chi connectivity index (χ1v) is 15.9. The maximum absolute atomic E-state index is 14.0. The lowest BCUT2D eigenvalue weighted by molar-refractivity contribution is -0.133. The summed E-state index contributed by atoms with van der Waals surface area (Å²) in [6.07, 6.45) is 3.44. The summed E-state index contributed by atoms with van der Waals surface area (Å²) in [5.41, 5.74) is 6.98. The van der Waals surface area contributed by atoms with Crippen LogP contribution in [0.3, 0.4) is 0 Å². The van der Waals surface area contributed by atoms with Gasteiger partial charge in [-0.05, 0) is 58.5 Å². The van der Waals surface area contributed by atoms with Crippen molar-refractivity contribution in [3.05, 3.63) is 125 Å². The number of amides is 1. The first kappa shape index (κ1) is 29.0. The van der Waals surface area contributed by atoms with E-state index in [0.717, 1.165) is 65.5 Å². The number of hydrogen-bond donors (Lipinski definition) is 1. The van der Waals surface area contributed by atoms with Crippen molar-refractivity contribution in [2.75, 3.05) is 33.0 Å². The van der Waals surface area contributed by atoms with Crippen LogP contribution in [0.4, 0.5) is 0 Å². The third-order valence-electron chi connectivity index (χ3n) is 9.05. The molecule has 5 aromatic rings. The molecule has 230 valence electrons. The molecule has 0 aliphatic carbocycles. The zero-order valence-corrected chi connectivity index (χ0v) is 25.7.